The molecule has 2 N–H and O–H groups in total. The first-order valence-electron chi connectivity index (χ1n) is 7.83. The maximum absolute atomic E-state index is 12.3. The zero-order valence-electron chi connectivity index (χ0n) is 13.9. The Balaban J connectivity index is 1.64. The molecule has 7 nitrogen and oxygen atoms in total. The molecule has 0 spiro atoms. The Hall–Kier alpha value is -2.97. The van der Waals surface area contributed by atoms with Crippen molar-refractivity contribution in [2.75, 3.05) is 5.32 Å². The van der Waals surface area contributed by atoms with Gasteiger partial charge in [0.15, 0.2) is 12.2 Å². The summed E-state index contributed by atoms with van der Waals surface area (Å²) in [5.74, 6) is 0.156. The summed E-state index contributed by atoms with van der Waals surface area (Å²) in [7, 11) is -3.76. The Bertz CT molecular complexity index is 969. The molecule has 26 heavy (non-hydrogen) atoms. The minimum atomic E-state index is -3.76. The van der Waals surface area contributed by atoms with E-state index in [1.807, 2.05) is 0 Å². The fraction of sp³-hybridized carbons (Fsp3) is 0.111. The molecule has 1 heterocycles. The van der Waals surface area contributed by atoms with Gasteiger partial charge in [-0.1, -0.05) is 18.2 Å². The number of hydrogen-bond acceptors (Lipinski definition) is 5. The van der Waals surface area contributed by atoms with Gasteiger partial charge >= 0.3 is 0 Å². The second kappa shape index (κ2) is 7.51. The number of oxazole rings is 1. The number of aromatic nitrogens is 1. The standard InChI is InChI=1S/C18H17N3O4S/c1-13(21-26(23,24)16-5-3-2-4-6-16)18(22)20-15-9-7-14(8-10-15)17-11-19-12-25-17/h2-13,21H,1H3,(H,20,22)/t13-/m0/s1. The maximum atomic E-state index is 12.3. The molecule has 0 saturated carbocycles. The van der Waals surface area contributed by atoms with Crippen LogP contribution < -0.4 is 10.0 Å². The predicted octanol–water partition coefficient (Wildman–Crippen LogP) is 2.65. The number of nitrogens with zero attached hydrogens (tertiary/aromatic N) is 1. The van der Waals surface area contributed by atoms with Gasteiger partial charge in [-0.15, -0.1) is 0 Å². The third-order valence-corrected chi connectivity index (χ3v) is 5.20. The fourth-order valence-electron chi connectivity index (χ4n) is 2.28. The summed E-state index contributed by atoms with van der Waals surface area (Å²) in [6.45, 7) is 1.48. The van der Waals surface area contributed by atoms with Crippen molar-refractivity contribution in [3.63, 3.8) is 0 Å². The Morgan fingerprint density at radius 3 is 2.38 bits per heavy atom. The van der Waals surface area contributed by atoms with Crippen molar-refractivity contribution in [1.82, 2.24) is 9.71 Å². The van der Waals surface area contributed by atoms with Crippen LogP contribution in [0.2, 0.25) is 0 Å². The van der Waals surface area contributed by atoms with Crippen molar-refractivity contribution in [1.29, 1.82) is 0 Å². The van der Waals surface area contributed by atoms with Gasteiger partial charge in [-0.25, -0.2) is 13.4 Å². The first-order valence-corrected chi connectivity index (χ1v) is 9.31. The van der Waals surface area contributed by atoms with E-state index in [2.05, 4.69) is 15.0 Å². The summed E-state index contributed by atoms with van der Waals surface area (Å²) < 4.78 is 32.1. The lowest BCUT2D eigenvalue weighted by Crippen LogP contribution is -2.41. The van der Waals surface area contributed by atoms with Gasteiger partial charge in [-0.05, 0) is 43.3 Å². The van der Waals surface area contributed by atoms with Gasteiger partial charge in [-0.3, -0.25) is 4.79 Å². The van der Waals surface area contributed by atoms with E-state index in [-0.39, 0.29) is 4.90 Å². The van der Waals surface area contributed by atoms with Crippen LogP contribution >= 0.6 is 0 Å². The van der Waals surface area contributed by atoms with Gasteiger partial charge in [0.05, 0.1) is 17.1 Å². The van der Waals surface area contributed by atoms with E-state index in [4.69, 9.17) is 4.42 Å². The normalized spacial score (nSPS) is 12.5. The lowest BCUT2D eigenvalue weighted by Gasteiger charge is -2.14. The van der Waals surface area contributed by atoms with Crippen LogP contribution in [-0.4, -0.2) is 25.4 Å². The third kappa shape index (κ3) is 4.16. The van der Waals surface area contributed by atoms with Gasteiger partial charge < -0.3 is 9.73 Å². The van der Waals surface area contributed by atoms with Crippen LogP contribution in [0.25, 0.3) is 11.3 Å². The summed E-state index contributed by atoms with van der Waals surface area (Å²) >= 11 is 0. The highest BCUT2D eigenvalue weighted by Crippen LogP contribution is 2.20. The van der Waals surface area contributed by atoms with Crippen LogP contribution in [0.5, 0.6) is 0 Å². The second-order valence-corrected chi connectivity index (χ2v) is 7.30. The summed E-state index contributed by atoms with van der Waals surface area (Å²) in [5.41, 5.74) is 1.36. The largest absolute Gasteiger partial charge is 0.444 e. The molecule has 1 aromatic heterocycles. The fourth-order valence-corrected chi connectivity index (χ4v) is 3.50. The Morgan fingerprint density at radius 1 is 1.08 bits per heavy atom. The maximum Gasteiger partial charge on any atom is 0.242 e. The van der Waals surface area contributed by atoms with Crippen LogP contribution in [0.4, 0.5) is 5.69 Å². The molecule has 0 radical (unpaired) electrons. The van der Waals surface area contributed by atoms with Crippen molar-refractivity contribution < 1.29 is 17.6 Å². The predicted molar refractivity (Wildman–Crippen MR) is 96.8 cm³/mol. The van der Waals surface area contributed by atoms with Crippen LogP contribution in [0.1, 0.15) is 6.92 Å². The first-order chi connectivity index (χ1) is 12.5. The van der Waals surface area contributed by atoms with Gasteiger partial charge in [0.25, 0.3) is 0 Å². The molecule has 2 aromatic carbocycles. The van der Waals surface area contributed by atoms with Gasteiger partial charge in [0.2, 0.25) is 15.9 Å². The average Bonchev–Trinajstić information content (AvgIpc) is 3.17. The summed E-state index contributed by atoms with van der Waals surface area (Å²) in [4.78, 5) is 16.2. The summed E-state index contributed by atoms with van der Waals surface area (Å²) in [6.07, 6.45) is 2.93. The zero-order valence-corrected chi connectivity index (χ0v) is 14.7. The number of sulfonamides is 1. The van der Waals surface area contributed by atoms with Gasteiger partial charge in [-0.2, -0.15) is 4.72 Å². The molecular weight excluding hydrogens is 354 g/mol. The number of nitrogens with one attached hydrogen (secondary N) is 2. The van der Waals surface area contributed by atoms with Crippen molar-refractivity contribution >= 4 is 21.6 Å². The van der Waals surface area contributed by atoms with E-state index in [9.17, 15) is 13.2 Å². The number of amides is 1. The highest BCUT2D eigenvalue weighted by atomic mass is 32.2. The smallest absolute Gasteiger partial charge is 0.242 e. The number of carbonyl (C=O) groups is 1. The lowest BCUT2D eigenvalue weighted by molar-refractivity contribution is -0.117. The Morgan fingerprint density at radius 2 is 1.77 bits per heavy atom. The molecule has 3 rings (SSSR count). The number of benzene rings is 2. The molecule has 0 unspecified atom stereocenters. The van der Waals surface area contributed by atoms with Crippen molar-refractivity contribution in [2.24, 2.45) is 0 Å². The van der Waals surface area contributed by atoms with Gasteiger partial charge in [0, 0.05) is 11.3 Å². The Labute approximate surface area is 151 Å². The highest BCUT2D eigenvalue weighted by molar-refractivity contribution is 7.89. The molecular formula is C18H17N3O4S. The summed E-state index contributed by atoms with van der Waals surface area (Å²) in [6, 6.07) is 13.9. The Kier molecular flexibility index (Phi) is 5.15. The molecule has 3 aromatic rings. The lowest BCUT2D eigenvalue weighted by atomic mass is 10.1. The average molecular weight is 371 g/mol. The highest BCUT2D eigenvalue weighted by Gasteiger charge is 2.21. The van der Waals surface area contributed by atoms with E-state index in [1.165, 1.54) is 25.5 Å². The van der Waals surface area contributed by atoms with Crippen LogP contribution in [0.15, 0.2) is 76.5 Å². The number of carbonyl (C=O) groups excluding carboxylic acids is 1. The SMILES string of the molecule is C[C@H](NS(=O)(=O)c1ccccc1)C(=O)Nc1ccc(-c2cnco2)cc1. The third-order valence-electron chi connectivity index (χ3n) is 3.65. The number of anilines is 1. The number of hydrogen-bond donors (Lipinski definition) is 2. The molecule has 0 fully saturated rings. The zero-order chi connectivity index (χ0) is 18.6. The van der Waals surface area contributed by atoms with E-state index < -0.39 is 22.0 Å². The topological polar surface area (TPSA) is 101 Å². The minimum absolute atomic E-state index is 0.107. The van der Waals surface area contributed by atoms with Crippen molar-refractivity contribution in [3.05, 3.63) is 67.2 Å². The van der Waals surface area contributed by atoms with E-state index in [0.29, 0.717) is 11.4 Å². The molecule has 0 saturated heterocycles. The van der Waals surface area contributed by atoms with Crippen LogP contribution in [0, 0.1) is 0 Å². The molecule has 0 aliphatic heterocycles. The van der Waals surface area contributed by atoms with Crippen molar-refractivity contribution in [3.8, 4) is 11.3 Å². The van der Waals surface area contributed by atoms with Crippen LogP contribution in [-0.2, 0) is 14.8 Å². The van der Waals surface area contributed by atoms with Crippen LogP contribution in [0.3, 0.4) is 0 Å². The molecule has 134 valence electrons. The van der Waals surface area contributed by atoms with Gasteiger partial charge in [0.1, 0.15) is 0 Å². The molecule has 1 amide bonds. The van der Waals surface area contributed by atoms with E-state index >= 15 is 0 Å². The minimum Gasteiger partial charge on any atom is -0.444 e. The van der Waals surface area contributed by atoms with E-state index in [1.54, 1.807) is 48.7 Å². The molecule has 0 bridgehead atoms. The first kappa shape index (κ1) is 17.8. The molecule has 8 heteroatoms. The summed E-state index contributed by atoms with van der Waals surface area (Å²) in [5, 5.41) is 2.68. The number of rotatable bonds is 6. The van der Waals surface area contributed by atoms with E-state index in [0.717, 1.165) is 5.56 Å². The second-order valence-electron chi connectivity index (χ2n) is 5.59. The quantitative estimate of drug-likeness (QED) is 0.694. The molecule has 0 aliphatic rings. The monoisotopic (exact) mass is 371 g/mol. The molecule has 0 aliphatic carbocycles. The van der Waals surface area contributed by atoms with Crippen molar-refractivity contribution in [2.45, 2.75) is 17.9 Å². The molecule has 1 atom stereocenters.